The van der Waals surface area contributed by atoms with Gasteiger partial charge >= 0.3 is 0 Å². The lowest BCUT2D eigenvalue weighted by Gasteiger charge is -2.20. The normalized spacial score (nSPS) is 10.3. The summed E-state index contributed by atoms with van der Waals surface area (Å²) in [6.45, 7) is 0.260. The first-order chi connectivity index (χ1) is 8.22. The van der Waals surface area contributed by atoms with E-state index in [-0.39, 0.29) is 32.2 Å². The topological polar surface area (TPSA) is 60.8 Å². The first-order valence-corrected chi connectivity index (χ1v) is 6.51. The zero-order chi connectivity index (χ0) is 12.7. The molecule has 0 unspecified atom stereocenters. The molecule has 0 aliphatic heterocycles. The summed E-state index contributed by atoms with van der Waals surface area (Å²) in [5, 5.41) is 18.5. The molecule has 5 heteroatoms. The number of benzene rings is 1. The predicted octanol–water partition coefficient (Wildman–Crippen LogP) is 1.01. The smallest absolute Gasteiger partial charge is 0.254 e. The van der Waals surface area contributed by atoms with Gasteiger partial charge in [0, 0.05) is 24.0 Å². The first-order valence-electron chi connectivity index (χ1n) is 5.38. The Labute approximate surface area is 109 Å². The molecule has 0 radical (unpaired) electrons. The lowest BCUT2D eigenvalue weighted by atomic mass is 10.1. The number of halogens is 1. The molecule has 0 aliphatic rings. The van der Waals surface area contributed by atoms with E-state index in [0.29, 0.717) is 5.56 Å². The van der Waals surface area contributed by atoms with Gasteiger partial charge in [0.25, 0.3) is 5.91 Å². The van der Waals surface area contributed by atoms with E-state index in [1.807, 2.05) is 12.1 Å². The molecule has 0 aliphatic carbocycles. The van der Waals surface area contributed by atoms with E-state index in [2.05, 4.69) is 15.9 Å². The number of alkyl halides is 1. The molecule has 0 spiro atoms. The Kier molecular flexibility index (Phi) is 6.18. The minimum absolute atomic E-state index is 0.106. The van der Waals surface area contributed by atoms with Crippen molar-refractivity contribution >= 4 is 21.8 Å². The Morgan fingerprint density at radius 1 is 1.12 bits per heavy atom. The number of hydrogen-bond acceptors (Lipinski definition) is 3. The molecule has 0 heterocycles. The number of aliphatic hydroxyl groups is 2. The SMILES string of the molecule is O=C(c1ccc(CBr)cc1)N(CCO)CCO. The molecule has 1 aromatic rings. The van der Waals surface area contributed by atoms with Crippen molar-refractivity contribution in [2.24, 2.45) is 0 Å². The van der Waals surface area contributed by atoms with E-state index < -0.39 is 0 Å². The summed E-state index contributed by atoms with van der Waals surface area (Å²) in [7, 11) is 0. The van der Waals surface area contributed by atoms with Gasteiger partial charge < -0.3 is 15.1 Å². The number of aliphatic hydroxyl groups excluding tert-OH is 2. The Balaban J connectivity index is 2.77. The van der Waals surface area contributed by atoms with Crippen molar-refractivity contribution in [2.45, 2.75) is 5.33 Å². The summed E-state index contributed by atoms with van der Waals surface area (Å²) in [5.74, 6) is -0.172. The molecule has 0 saturated carbocycles. The number of rotatable bonds is 6. The van der Waals surface area contributed by atoms with E-state index in [0.717, 1.165) is 10.9 Å². The minimum atomic E-state index is -0.172. The standard InChI is InChI=1S/C12H16BrNO3/c13-9-10-1-3-11(4-2-10)12(17)14(5-7-15)6-8-16/h1-4,15-16H,5-9H2. The fourth-order valence-electron chi connectivity index (χ4n) is 1.48. The second-order valence-corrected chi connectivity index (χ2v) is 4.13. The zero-order valence-electron chi connectivity index (χ0n) is 9.47. The van der Waals surface area contributed by atoms with Gasteiger partial charge in [0.1, 0.15) is 0 Å². The van der Waals surface area contributed by atoms with Crippen LogP contribution in [0.5, 0.6) is 0 Å². The average molecular weight is 302 g/mol. The molecule has 1 rings (SSSR count). The number of carbonyl (C=O) groups is 1. The molecule has 0 bridgehead atoms. The number of hydrogen-bond donors (Lipinski definition) is 2. The van der Waals surface area contributed by atoms with E-state index in [1.54, 1.807) is 12.1 Å². The van der Waals surface area contributed by atoms with Crippen LogP contribution in [-0.2, 0) is 5.33 Å². The maximum Gasteiger partial charge on any atom is 0.254 e. The molecule has 1 amide bonds. The van der Waals surface area contributed by atoms with Gasteiger partial charge in [0.05, 0.1) is 13.2 Å². The van der Waals surface area contributed by atoms with E-state index in [1.165, 1.54) is 4.90 Å². The number of amides is 1. The Morgan fingerprint density at radius 3 is 2.06 bits per heavy atom. The van der Waals surface area contributed by atoms with Crippen molar-refractivity contribution in [1.29, 1.82) is 0 Å². The molecular formula is C12H16BrNO3. The quantitative estimate of drug-likeness (QED) is 0.771. The fourth-order valence-corrected chi connectivity index (χ4v) is 1.85. The molecule has 0 fully saturated rings. The highest BCUT2D eigenvalue weighted by molar-refractivity contribution is 9.08. The molecule has 2 N–H and O–H groups in total. The summed E-state index contributed by atoms with van der Waals surface area (Å²) < 4.78 is 0. The molecule has 4 nitrogen and oxygen atoms in total. The lowest BCUT2D eigenvalue weighted by molar-refractivity contribution is 0.0685. The summed E-state index contributed by atoms with van der Waals surface area (Å²) in [6.07, 6.45) is 0. The van der Waals surface area contributed by atoms with Gasteiger partial charge in [-0.25, -0.2) is 0 Å². The van der Waals surface area contributed by atoms with Crippen molar-refractivity contribution in [1.82, 2.24) is 4.90 Å². The number of carbonyl (C=O) groups excluding carboxylic acids is 1. The van der Waals surface area contributed by atoms with Gasteiger partial charge in [-0.3, -0.25) is 4.79 Å². The van der Waals surface area contributed by atoms with Crippen LogP contribution in [0.2, 0.25) is 0 Å². The van der Waals surface area contributed by atoms with Crippen molar-refractivity contribution in [3.8, 4) is 0 Å². The number of nitrogens with zero attached hydrogens (tertiary/aromatic N) is 1. The molecule has 0 atom stereocenters. The van der Waals surface area contributed by atoms with Gasteiger partial charge in [-0.05, 0) is 17.7 Å². The molecule has 0 saturated heterocycles. The zero-order valence-corrected chi connectivity index (χ0v) is 11.1. The van der Waals surface area contributed by atoms with Crippen LogP contribution in [-0.4, -0.2) is 47.3 Å². The third kappa shape index (κ3) is 4.11. The Bertz CT molecular complexity index is 347. The molecular weight excluding hydrogens is 286 g/mol. The second-order valence-electron chi connectivity index (χ2n) is 3.57. The van der Waals surface area contributed by atoms with Gasteiger partial charge in [0.2, 0.25) is 0 Å². The molecule has 0 aromatic heterocycles. The van der Waals surface area contributed by atoms with Gasteiger partial charge in [-0.1, -0.05) is 28.1 Å². The van der Waals surface area contributed by atoms with Crippen LogP contribution in [0.1, 0.15) is 15.9 Å². The second kappa shape index (κ2) is 7.42. The molecule has 17 heavy (non-hydrogen) atoms. The third-order valence-electron chi connectivity index (χ3n) is 2.38. The van der Waals surface area contributed by atoms with Gasteiger partial charge in [0.15, 0.2) is 0 Å². The van der Waals surface area contributed by atoms with Crippen LogP contribution >= 0.6 is 15.9 Å². The Hall–Kier alpha value is -0.910. The molecule has 94 valence electrons. The van der Waals surface area contributed by atoms with Crippen molar-refractivity contribution in [3.05, 3.63) is 35.4 Å². The summed E-state index contributed by atoms with van der Waals surface area (Å²) >= 11 is 3.34. The van der Waals surface area contributed by atoms with E-state index in [4.69, 9.17) is 10.2 Å². The highest BCUT2D eigenvalue weighted by atomic mass is 79.9. The molecule has 1 aromatic carbocycles. The predicted molar refractivity (Wildman–Crippen MR) is 69.1 cm³/mol. The fraction of sp³-hybridized carbons (Fsp3) is 0.417. The maximum atomic E-state index is 12.0. The highest BCUT2D eigenvalue weighted by Crippen LogP contribution is 2.10. The van der Waals surface area contributed by atoms with Crippen LogP contribution < -0.4 is 0 Å². The van der Waals surface area contributed by atoms with Crippen molar-refractivity contribution < 1.29 is 15.0 Å². The van der Waals surface area contributed by atoms with E-state index >= 15 is 0 Å². The lowest BCUT2D eigenvalue weighted by Crippen LogP contribution is -2.35. The van der Waals surface area contributed by atoms with E-state index in [9.17, 15) is 4.79 Å². The van der Waals surface area contributed by atoms with Crippen molar-refractivity contribution in [2.75, 3.05) is 26.3 Å². The highest BCUT2D eigenvalue weighted by Gasteiger charge is 2.14. The largest absolute Gasteiger partial charge is 0.395 e. The van der Waals surface area contributed by atoms with Crippen LogP contribution in [0.4, 0.5) is 0 Å². The van der Waals surface area contributed by atoms with Crippen LogP contribution in [0.15, 0.2) is 24.3 Å². The third-order valence-corrected chi connectivity index (χ3v) is 3.03. The van der Waals surface area contributed by atoms with Crippen LogP contribution in [0.3, 0.4) is 0 Å². The summed E-state index contributed by atoms with van der Waals surface area (Å²) in [5.41, 5.74) is 1.66. The van der Waals surface area contributed by atoms with Gasteiger partial charge in [-0.15, -0.1) is 0 Å². The van der Waals surface area contributed by atoms with Gasteiger partial charge in [-0.2, -0.15) is 0 Å². The summed E-state index contributed by atoms with van der Waals surface area (Å²) in [4.78, 5) is 13.5. The monoisotopic (exact) mass is 301 g/mol. The first kappa shape index (κ1) is 14.2. The van der Waals surface area contributed by atoms with Crippen LogP contribution in [0, 0.1) is 0 Å². The van der Waals surface area contributed by atoms with Crippen LogP contribution in [0.25, 0.3) is 0 Å². The Morgan fingerprint density at radius 2 is 1.65 bits per heavy atom. The summed E-state index contributed by atoms with van der Waals surface area (Å²) in [6, 6.07) is 7.25. The average Bonchev–Trinajstić information content (AvgIpc) is 2.38. The maximum absolute atomic E-state index is 12.0. The minimum Gasteiger partial charge on any atom is -0.395 e. The van der Waals surface area contributed by atoms with Crippen molar-refractivity contribution in [3.63, 3.8) is 0 Å².